The van der Waals surface area contributed by atoms with Crippen LogP contribution in [-0.4, -0.2) is 7.11 Å². The van der Waals surface area contributed by atoms with Gasteiger partial charge >= 0.3 is 0 Å². The highest BCUT2D eigenvalue weighted by molar-refractivity contribution is 6.31. The van der Waals surface area contributed by atoms with Crippen molar-refractivity contribution in [1.82, 2.24) is 0 Å². The number of hydrogen-bond acceptors (Lipinski definition) is 4. The van der Waals surface area contributed by atoms with Crippen molar-refractivity contribution in [1.29, 1.82) is 0 Å². The fourth-order valence-corrected chi connectivity index (χ4v) is 3.22. The van der Waals surface area contributed by atoms with Gasteiger partial charge in [0.2, 0.25) is 5.43 Å². The van der Waals surface area contributed by atoms with Crippen molar-refractivity contribution in [3.8, 4) is 22.6 Å². The molecule has 0 fully saturated rings. The van der Waals surface area contributed by atoms with Gasteiger partial charge in [-0.15, -0.1) is 0 Å². The van der Waals surface area contributed by atoms with Crippen LogP contribution in [0.5, 0.6) is 11.5 Å². The van der Waals surface area contributed by atoms with Crippen molar-refractivity contribution < 1.29 is 13.9 Å². The fourth-order valence-electron chi connectivity index (χ4n) is 3.03. The number of para-hydroxylation sites is 1. The molecule has 0 aliphatic heterocycles. The molecule has 0 N–H and O–H groups in total. The summed E-state index contributed by atoms with van der Waals surface area (Å²) in [6.45, 7) is 0.328. The zero-order valence-corrected chi connectivity index (χ0v) is 15.9. The number of benzene rings is 3. The lowest BCUT2D eigenvalue weighted by Crippen LogP contribution is -2.06. The molecule has 4 aromatic rings. The molecule has 1 heterocycles. The van der Waals surface area contributed by atoms with Gasteiger partial charge in [0.15, 0.2) is 0 Å². The summed E-state index contributed by atoms with van der Waals surface area (Å²) >= 11 is 6.16. The lowest BCUT2D eigenvalue weighted by molar-refractivity contribution is 0.306. The molecule has 0 spiro atoms. The number of rotatable bonds is 5. The van der Waals surface area contributed by atoms with Crippen LogP contribution in [-0.2, 0) is 6.61 Å². The van der Waals surface area contributed by atoms with Gasteiger partial charge in [-0.2, -0.15) is 0 Å². The lowest BCUT2D eigenvalue weighted by atomic mass is 10.0. The van der Waals surface area contributed by atoms with Gasteiger partial charge in [0.1, 0.15) is 30.0 Å². The summed E-state index contributed by atoms with van der Waals surface area (Å²) in [4.78, 5) is 13.0. The summed E-state index contributed by atoms with van der Waals surface area (Å²) in [7, 11) is 1.57. The van der Waals surface area contributed by atoms with Crippen molar-refractivity contribution in [2.24, 2.45) is 0 Å². The maximum Gasteiger partial charge on any atom is 0.200 e. The van der Waals surface area contributed by atoms with Crippen LogP contribution in [0.1, 0.15) is 5.56 Å². The first kappa shape index (κ1) is 18.1. The van der Waals surface area contributed by atoms with Gasteiger partial charge in [-0.05, 0) is 24.3 Å². The normalized spacial score (nSPS) is 10.8. The summed E-state index contributed by atoms with van der Waals surface area (Å²) < 4.78 is 16.9. The Morgan fingerprint density at radius 1 is 0.964 bits per heavy atom. The molecule has 0 saturated heterocycles. The van der Waals surface area contributed by atoms with Crippen molar-refractivity contribution >= 4 is 22.6 Å². The van der Waals surface area contributed by atoms with Crippen molar-refractivity contribution in [3.63, 3.8) is 0 Å². The van der Waals surface area contributed by atoms with E-state index in [0.29, 0.717) is 45.2 Å². The molecule has 0 radical (unpaired) electrons. The van der Waals surface area contributed by atoms with Crippen LogP contribution in [0, 0.1) is 0 Å². The van der Waals surface area contributed by atoms with Gasteiger partial charge in [-0.25, -0.2) is 0 Å². The van der Waals surface area contributed by atoms with Crippen molar-refractivity contribution in [2.75, 3.05) is 7.11 Å². The van der Waals surface area contributed by atoms with E-state index in [4.69, 9.17) is 25.5 Å². The van der Waals surface area contributed by atoms with E-state index in [1.807, 2.05) is 48.5 Å². The molecule has 0 atom stereocenters. The molecule has 0 amide bonds. The van der Waals surface area contributed by atoms with Gasteiger partial charge in [-0.3, -0.25) is 4.79 Å². The van der Waals surface area contributed by atoms with Gasteiger partial charge in [0.25, 0.3) is 0 Å². The Hall–Kier alpha value is -3.24. The van der Waals surface area contributed by atoms with E-state index in [0.717, 1.165) is 5.56 Å². The van der Waals surface area contributed by atoms with E-state index in [1.165, 1.54) is 6.26 Å². The highest BCUT2D eigenvalue weighted by atomic mass is 35.5. The minimum Gasteiger partial charge on any atom is -0.496 e. The number of fused-ring (bicyclic) bond motifs is 1. The Labute approximate surface area is 166 Å². The Morgan fingerprint density at radius 3 is 2.57 bits per heavy atom. The van der Waals surface area contributed by atoms with Crippen molar-refractivity contribution in [3.05, 3.63) is 93.8 Å². The Kier molecular flexibility index (Phi) is 5.04. The minimum atomic E-state index is -0.122. The summed E-state index contributed by atoms with van der Waals surface area (Å²) in [5.74, 6) is 1.22. The van der Waals surface area contributed by atoms with Crippen molar-refractivity contribution in [2.45, 2.75) is 6.61 Å². The van der Waals surface area contributed by atoms with Gasteiger partial charge in [-0.1, -0.05) is 48.0 Å². The molecule has 5 heteroatoms. The van der Waals surface area contributed by atoms with E-state index in [9.17, 15) is 4.79 Å². The fraction of sp³-hybridized carbons (Fsp3) is 0.0870. The molecule has 1 aromatic heterocycles. The maximum absolute atomic E-state index is 13.0. The highest BCUT2D eigenvalue weighted by Crippen LogP contribution is 2.29. The minimum absolute atomic E-state index is 0.122. The zero-order valence-electron chi connectivity index (χ0n) is 15.1. The predicted molar refractivity (Wildman–Crippen MR) is 110 cm³/mol. The Balaban J connectivity index is 1.67. The largest absolute Gasteiger partial charge is 0.496 e. The van der Waals surface area contributed by atoms with Gasteiger partial charge in [0.05, 0.1) is 18.1 Å². The first-order chi connectivity index (χ1) is 13.7. The van der Waals surface area contributed by atoms with Crippen LogP contribution >= 0.6 is 11.6 Å². The van der Waals surface area contributed by atoms with Crippen LogP contribution in [0.4, 0.5) is 0 Å². The maximum atomic E-state index is 13.0. The first-order valence-electron chi connectivity index (χ1n) is 8.72. The van der Waals surface area contributed by atoms with Crippen LogP contribution < -0.4 is 14.9 Å². The average molecular weight is 393 g/mol. The SMILES string of the molecule is COc1ccccc1-c1coc2cc(OCc3ccccc3Cl)ccc2c1=O. The molecule has 0 aliphatic rings. The third-order valence-corrected chi connectivity index (χ3v) is 4.86. The second kappa shape index (κ2) is 7.79. The van der Waals surface area contributed by atoms with Gasteiger partial charge in [0, 0.05) is 22.2 Å². The molecule has 140 valence electrons. The van der Waals surface area contributed by atoms with E-state index >= 15 is 0 Å². The molecule has 0 bridgehead atoms. The molecule has 3 aromatic carbocycles. The predicted octanol–water partition coefficient (Wildman–Crippen LogP) is 5.70. The first-order valence-corrected chi connectivity index (χ1v) is 9.10. The number of hydrogen-bond donors (Lipinski definition) is 0. The third-order valence-electron chi connectivity index (χ3n) is 4.50. The topological polar surface area (TPSA) is 48.7 Å². The average Bonchev–Trinajstić information content (AvgIpc) is 2.73. The van der Waals surface area contributed by atoms with E-state index in [-0.39, 0.29) is 5.43 Å². The lowest BCUT2D eigenvalue weighted by Gasteiger charge is -2.10. The van der Waals surface area contributed by atoms with Crippen LogP contribution in [0.25, 0.3) is 22.1 Å². The Bertz CT molecular complexity index is 1200. The molecule has 0 saturated carbocycles. The molecular formula is C23H17ClO4. The Morgan fingerprint density at radius 2 is 1.75 bits per heavy atom. The summed E-state index contributed by atoms with van der Waals surface area (Å²) in [6.07, 6.45) is 1.46. The van der Waals surface area contributed by atoms with Crippen LogP contribution in [0.2, 0.25) is 5.02 Å². The highest BCUT2D eigenvalue weighted by Gasteiger charge is 2.13. The zero-order chi connectivity index (χ0) is 19.5. The number of methoxy groups -OCH3 is 1. The smallest absolute Gasteiger partial charge is 0.200 e. The van der Waals surface area contributed by atoms with Gasteiger partial charge < -0.3 is 13.9 Å². The molecule has 28 heavy (non-hydrogen) atoms. The monoisotopic (exact) mass is 392 g/mol. The van der Waals surface area contributed by atoms with Crippen LogP contribution in [0.15, 0.2) is 82.2 Å². The summed E-state index contributed by atoms with van der Waals surface area (Å²) in [6, 6.07) is 20.0. The molecule has 4 nitrogen and oxygen atoms in total. The second-order valence-electron chi connectivity index (χ2n) is 6.22. The standard InChI is InChI=1S/C23H17ClO4/c1-26-21-9-5-3-7-17(21)19-14-28-22-12-16(10-11-18(22)23(19)25)27-13-15-6-2-4-8-20(15)24/h2-12,14H,13H2,1H3. The van der Waals surface area contributed by atoms with Crippen LogP contribution in [0.3, 0.4) is 0 Å². The summed E-state index contributed by atoms with van der Waals surface area (Å²) in [5.41, 5.74) is 2.37. The molecule has 4 rings (SSSR count). The molecule has 0 unspecified atom stereocenters. The second-order valence-corrected chi connectivity index (χ2v) is 6.62. The van der Waals surface area contributed by atoms with E-state index < -0.39 is 0 Å². The summed E-state index contributed by atoms with van der Waals surface area (Å²) in [5, 5.41) is 1.13. The quantitative estimate of drug-likeness (QED) is 0.437. The molecular weight excluding hydrogens is 376 g/mol. The van der Waals surface area contributed by atoms with E-state index in [1.54, 1.807) is 25.3 Å². The number of ether oxygens (including phenoxy) is 2. The third kappa shape index (κ3) is 3.47. The van der Waals surface area contributed by atoms with E-state index in [2.05, 4.69) is 0 Å². The molecule has 0 aliphatic carbocycles. The number of halogens is 1.